The highest BCUT2D eigenvalue weighted by Crippen LogP contribution is 2.33. The Morgan fingerprint density at radius 3 is 2.26 bits per heavy atom. The molecule has 0 saturated heterocycles. The van der Waals surface area contributed by atoms with E-state index in [1.54, 1.807) is 6.07 Å². The van der Waals surface area contributed by atoms with Crippen molar-refractivity contribution in [1.82, 2.24) is 0 Å². The third kappa shape index (κ3) is 6.26. The van der Waals surface area contributed by atoms with Crippen LogP contribution in [-0.2, 0) is 27.3 Å². The van der Waals surface area contributed by atoms with E-state index in [0.717, 1.165) is 28.7 Å². The number of carboxylic acid groups (broad SMARTS) is 1. The fourth-order valence-electron chi connectivity index (χ4n) is 4.55. The Morgan fingerprint density at radius 1 is 0.971 bits per heavy atom. The molecule has 7 nitrogen and oxygen atoms in total. The van der Waals surface area contributed by atoms with Crippen LogP contribution in [0.3, 0.4) is 0 Å². The Kier molecular flexibility index (Phi) is 7.77. The van der Waals surface area contributed by atoms with E-state index < -0.39 is 11.9 Å². The number of rotatable bonds is 9. The number of carboxylic acids is 1. The van der Waals surface area contributed by atoms with Crippen molar-refractivity contribution in [2.45, 2.75) is 31.6 Å². The SMILES string of the molecule is NC(=NOC(=O)CC1CCc2c(cccc2OCC(=O)O)C1)C(c1ccccc1)c1ccccc1. The molecule has 4 rings (SSSR count). The molecular weight excluding hydrogens is 444 g/mol. The van der Waals surface area contributed by atoms with E-state index in [2.05, 4.69) is 5.16 Å². The quantitative estimate of drug-likeness (QED) is 0.208. The first-order valence-electron chi connectivity index (χ1n) is 11.6. The van der Waals surface area contributed by atoms with Gasteiger partial charge < -0.3 is 20.4 Å². The van der Waals surface area contributed by atoms with Crippen molar-refractivity contribution in [2.24, 2.45) is 16.8 Å². The van der Waals surface area contributed by atoms with Crippen LogP contribution in [0, 0.1) is 5.92 Å². The normalized spacial score (nSPS) is 15.3. The summed E-state index contributed by atoms with van der Waals surface area (Å²) < 4.78 is 5.42. The second kappa shape index (κ2) is 11.3. The van der Waals surface area contributed by atoms with Gasteiger partial charge in [0.1, 0.15) is 5.75 Å². The number of oxime groups is 1. The third-order valence-electron chi connectivity index (χ3n) is 6.16. The third-order valence-corrected chi connectivity index (χ3v) is 6.16. The number of carbonyl (C=O) groups is 2. The van der Waals surface area contributed by atoms with Gasteiger partial charge in [0.15, 0.2) is 12.4 Å². The minimum absolute atomic E-state index is 0.0974. The number of carbonyl (C=O) groups excluding carboxylic acids is 1. The van der Waals surface area contributed by atoms with Crippen LogP contribution in [0.1, 0.15) is 41.0 Å². The lowest BCUT2D eigenvalue weighted by Crippen LogP contribution is -2.24. The lowest BCUT2D eigenvalue weighted by Gasteiger charge is -2.25. The summed E-state index contributed by atoms with van der Waals surface area (Å²) in [6.07, 6.45) is 2.38. The number of amidine groups is 1. The highest BCUT2D eigenvalue weighted by atomic mass is 16.7. The lowest BCUT2D eigenvalue weighted by atomic mass is 9.82. The summed E-state index contributed by atoms with van der Waals surface area (Å²) in [5.41, 5.74) is 10.3. The molecule has 3 N–H and O–H groups in total. The summed E-state index contributed by atoms with van der Waals surface area (Å²) in [4.78, 5) is 28.7. The first kappa shape index (κ1) is 24.0. The molecule has 0 bridgehead atoms. The Bertz CT molecular complexity index is 1150. The van der Waals surface area contributed by atoms with Gasteiger partial charge in [-0.1, -0.05) is 78.0 Å². The summed E-state index contributed by atoms with van der Waals surface area (Å²) in [5.74, 6) is -0.863. The number of benzene rings is 3. The van der Waals surface area contributed by atoms with Gasteiger partial charge in [-0.15, -0.1) is 0 Å². The molecule has 0 spiro atoms. The first-order valence-corrected chi connectivity index (χ1v) is 11.6. The fraction of sp³-hybridized carbons (Fsp3) is 0.250. The zero-order chi connectivity index (χ0) is 24.6. The highest BCUT2D eigenvalue weighted by molar-refractivity contribution is 5.90. The van der Waals surface area contributed by atoms with Crippen molar-refractivity contribution in [3.63, 3.8) is 0 Å². The van der Waals surface area contributed by atoms with Gasteiger partial charge in [-0.05, 0) is 53.5 Å². The van der Waals surface area contributed by atoms with E-state index in [1.807, 2.05) is 72.8 Å². The molecule has 0 aromatic heterocycles. The molecule has 7 heteroatoms. The van der Waals surface area contributed by atoms with Gasteiger partial charge in [0, 0.05) is 0 Å². The molecule has 180 valence electrons. The van der Waals surface area contributed by atoms with Gasteiger partial charge in [-0.2, -0.15) is 0 Å². The van der Waals surface area contributed by atoms with Gasteiger partial charge >= 0.3 is 11.9 Å². The Morgan fingerprint density at radius 2 is 1.63 bits per heavy atom. The number of ether oxygens (including phenoxy) is 1. The van der Waals surface area contributed by atoms with E-state index in [1.165, 1.54) is 0 Å². The van der Waals surface area contributed by atoms with Crippen LogP contribution in [-0.4, -0.2) is 29.5 Å². The van der Waals surface area contributed by atoms with Crippen molar-refractivity contribution in [1.29, 1.82) is 0 Å². The molecular formula is C28H28N2O5. The Balaban J connectivity index is 1.40. The molecule has 1 unspecified atom stereocenters. The Hall–Kier alpha value is -4.13. The van der Waals surface area contributed by atoms with Crippen LogP contribution >= 0.6 is 0 Å². The molecule has 3 aromatic carbocycles. The summed E-state index contributed by atoms with van der Waals surface area (Å²) in [7, 11) is 0. The van der Waals surface area contributed by atoms with E-state index in [9.17, 15) is 9.59 Å². The number of nitrogens with zero attached hydrogens (tertiary/aromatic N) is 1. The first-order chi connectivity index (χ1) is 17.0. The van der Waals surface area contributed by atoms with Gasteiger partial charge in [0.25, 0.3) is 0 Å². The van der Waals surface area contributed by atoms with Crippen molar-refractivity contribution in [2.75, 3.05) is 6.61 Å². The van der Waals surface area contributed by atoms with Gasteiger partial charge in [0.05, 0.1) is 12.3 Å². The van der Waals surface area contributed by atoms with Crippen LogP contribution in [0.15, 0.2) is 84.0 Å². The number of hydrogen-bond donors (Lipinski definition) is 2. The molecule has 0 radical (unpaired) electrons. The summed E-state index contributed by atoms with van der Waals surface area (Å²) >= 11 is 0. The number of fused-ring (bicyclic) bond motifs is 1. The second-order valence-corrected chi connectivity index (χ2v) is 8.62. The second-order valence-electron chi connectivity index (χ2n) is 8.62. The molecule has 1 atom stereocenters. The van der Waals surface area contributed by atoms with Crippen LogP contribution in [0.25, 0.3) is 0 Å². The largest absolute Gasteiger partial charge is 0.482 e. The van der Waals surface area contributed by atoms with Crippen LogP contribution < -0.4 is 10.5 Å². The number of nitrogens with two attached hydrogens (primary N) is 1. The van der Waals surface area contributed by atoms with Crippen LogP contribution in [0.4, 0.5) is 0 Å². The maximum Gasteiger partial charge on any atom is 0.341 e. The molecule has 0 amide bonds. The summed E-state index contributed by atoms with van der Waals surface area (Å²) in [6, 6.07) is 25.1. The summed E-state index contributed by atoms with van der Waals surface area (Å²) in [5, 5.41) is 12.9. The van der Waals surface area contributed by atoms with Crippen molar-refractivity contribution in [3.8, 4) is 5.75 Å². The highest BCUT2D eigenvalue weighted by Gasteiger charge is 2.25. The smallest absolute Gasteiger partial charge is 0.341 e. The van der Waals surface area contributed by atoms with Crippen LogP contribution in [0.5, 0.6) is 5.75 Å². The number of hydrogen-bond acceptors (Lipinski definition) is 5. The van der Waals surface area contributed by atoms with Gasteiger partial charge in [0.2, 0.25) is 0 Å². The molecule has 3 aromatic rings. The fourth-order valence-corrected chi connectivity index (χ4v) is 4.55. The predicted octanol–water partition coefficient (Wildman–Crippen LogP) is 4.29. The zero-order valence-electron chi connectivity index (χ0n) is 19.3. The Labute approximate surface area is 204 Å². The zero-order valence-corrected chi connectivity index (χ0v) is 19.3. The van der Waals surface area contributed by atoms with Gasteiger partial charge in [-0.25, -0.2) is 9.59 Å². The molecule has 0 saturated carbocycles. The van der Waals surface area contributed by atoms with Crippen molar-refractivity contribution < 1.29 is 24.3 Å². The molecule has 35 heavy (non-hydrogen) atoms. The topological polar surface area (TPSA) is 111 Å². The molecule has 0 aliphatic heterocycles. The van der Waals surface area contributed by atoms with E-state index in [0.29, 0.717) is 18.6 Å². The van der Waals surface area contributed by atoms with E-state index >= 15 is 0 Å². The standard InChI is InChI=1S/C28H28N2O5/c29-28(27(20-8-3-1-4-9-20)21-10-5-2-6-11-21)30-35-26(33)17-19-14-15-23-22(16-19)12-7-13-24(23)34-18-25(31)32/h1-13,19,27H,14-18H2,(H2,29,30)(H,31,32). The minimum Gasteiger partial charge on any atom is -0.482 e. The average Bonchev–Trinajstić information content (AvgIpc) is 2.87. The molecule has 0 heterocycles. The predicted molar refractivity (Wildman–Crippen MR) is 132 cm³/mol. The maximum atomic E-state index is 12.6. The average molecular weight is 473 g/mol. The van der Waals surface area contributed by atoms with E-state index in [4.69, 9.17) is 20.4 Å². The van der Waals surface area contributed by atoms with Gasteiger partial charge in [-0.3, -0.25) is 0 Å². The minimum atomic E-state index is -1.01. The lowest BCUT2D eigenvalue weighted by molar-refractivity contribution is -0.145. The summed E-state index contributed by atoms with van der Waals surface area (Å²) in [6.45, 7) is -0.376. The number of aliphatic carboxylic acids is 1. The molecule has 0 fully saturated rings. The van der Waals surface area contributed by atoms with Crippen LogP contribution in [0.2, 0.25) is 0 Å². The molecule has 1 aliphatic rings. The monoisotopic (exact) mass is 472 g/mol. The van der Waals surface area contributed by atoms with Crippen molar-refractivity contribution >= 4 is 17.8 Å². The molecule has 1 aliphatic carbocycles. The maximum absolute atomic E-state index is 12.6. The van der Waals surface area contributed by atoms with Crippen molar-refractivity contribution in [3.05, 3.63) is 101 Å². The van der Waals surface area contributed by atoms with E-state index in [-0.39, 0.29) is 30.7 Å².